The molecule has 0 aliphatic rings. The molecule has 0 atom stereocenters. The number of ether oxygens (including phenoxy) is 2. The molecule has 0 bridgehead atoms. The van der Waals surface area contributed by atoms with Gasteiger partial charge in [-0.3, -0.25) is 0 Å². The zero-order valence-electron chi connectivity index (χ0n) is 9.91. The summed E-state index contributed by atoms with van der Waals surface area (Å²) < 4.78 is 9.37. The first kappa shape index (κ1) is 13.2. The second kappa shape index (κ2) is 5.57. The van der Waals surface area contributed by atoms with Crippen molar-refractivity contribution in [1.82, 2.24) is 14.9 Å². The van der Waals surface area contributed by atoms with Gasteiger partial charge in [-0.25, -0.2) is 4.79 Å². The maximum atomic E-state index is 10.9. The maximum absolute atomic E-state index is 10.9. The van der Waals surface area contributed by atoms with Crippen LogP contribution in [-0.4, -0.2) is 39.8 Å². The van der Waals surface area contributed by atoms with E-state index < -0.39 is 5.97 Å². The van der Waals surface area contributed by atoms with E-state index in [1.165, 1.54) is 7.11 Å². The molecule has 1 aromatic carbocycles. The van der Waals surface area contributed by atoms with Gasteiger partial charge in [0.05, 0.1) is 7.11 Å². The molecule has 0 saturated carbocycles. The number of nitrogens with zero attached hydrogens (tertiary/aromatic N) is 3. The van der Waals surface area contributed by atoms with Crippen LogP contribution in [0.15, 0.2) is 24.3 Å². The molecule has 0 spiro atoms. The third-order valence-corrected chi connectivity index (χ3v) is 2.47. The molecule has 100 valence electrons. The molecule has 1 aromatic heterocycles. The van der Waals surface area contributed by atoms with Gasteiger partial charge in [0, 0.05) is 10.6 Å². The highest BCUT2D eigenvalue weighted by atomic mass is 35.5. The monoisotopic (exact) mass is 283 g/mol. The Morgan fingerprint density at radius 3 is 2.74 bits per heavy atom. The van der Waals surface area contributed by atoms with Crippen LogP contribution < -0.4 is 4.74 Å². The average molecular weight is 284 g/mol. The number of rotatable bonds is 4. The maximum Gasteiger partial charge on any atom is 0.344 e. The van der Waals surface area contributed by atoms with E-state index in [0.29, 0.717) is 15.4 Å². The number of carbonyl (C=O) groups excluding carboxylic acids is 1. The van der Waals surface area contributed by atoms with Crippen LogP contribution in [0.25, 0.3) is 11.4 Å². The Bertz CT molecular complexity index is 582. The summed E-state index contributed by atoms with van der Waals surface area (Å²) in [5.74, 6) is -0.390. The standard InChI is InChI=1S/C11H10ClN3O4/c1-18-9(16)6-19-11-13-10(15(17)14-11)7-2-4-8(12)5-3-7/h2-5,17H,6H2,1H3. The molecule has 0 fully saturated rings. The van der Waals surface area contributed by atoms with Gasteiger partial charge in [0.1, 0.15) is 0 Å². The minimum absolute atomic E-state index is 0.127. The predicted molar refractivity (Wildman–Crippen MR) is 65.2 cm³/mol. The Balaban J connectivity index is 2.16. The van der Waals surface area contributed by atoms with Crippen molar-refractivity contribution in [1.29, 1.82) is 0 Å². The fourth-order valence-corrected chi connectivity index (χ4v) is 1.43. The van der Waals surface area contributed by atoms with Crippen LogP contribution in [0.3, 0.4) is 0 Å². The lowest BCUT2D eigenvalue weighted by Gasteiger charge is -1.98. The first-order valence-electron chi connectivity index (χ1n) is 5.22. The van der Waals surface area contributed by atoms with Gasteiger partial charge in [0.25, 0.3) is 0 Å². The summed E-state index contributed by atoms with van der Waals surface area (Å²) in [6.07, 6.45) is 0. The van der Waals surface area contributed by atoms with Crippen LogP contribution in [0.5, 0.6) is 6.01 Å². The molecule has 0 unspecified atom stereocenters. The number of benzene rings is 1. The first-order chi connectivity index (χ1) is 9.10. The van der Waals surface area contributed by atoms with Gasteiger partial charge in [-0.1, -0.05) is 21.5 Å². The summed E-state index contributed by atoms with van der Waals surface area (Å²) >= 11 is 5.76. The van der Waals surface area contributed by atoms with Gasteiger partial charge >= 0.3 is 12.0 Å². The molecule has 2 rings (SSSR count). The number of aromatic nitrogens is 3. The Kier molecular flexibility index (Phi) is 3.86. The summed E-state index contributed by atoms with van der Waals surface area (Å²) in [6.45, 7) is -0.333. The van der Waals surface area contributed by atoms with Crippen LogP contribution in [0.2, 0.25) is 5.02 Å². The molecular weight excluding hydrogens is 274 g/mol. The second-order valence-corrected chi connectivity index (χ2v) is 3.92. The number of esters is 1. The van der Waals surface area contributed by atoms with Crippen LogP contribution in [0.4, 0.5) is 0 Å². The summed E-state index contributed by atoms with van der Waals surface area (Å²) in [5, 5.41) is 13.8. The predicted octanol–water partition coefficient (Wildman–Crippen LogP) is 1.39. The van der Waals surface area contributed by atoms with Gasteiger partial charge in [0.15, 0.2) is 6.61 Å². The lowest BCUT2D eigenvalue weighted by molar-refractivity contribution is -0.143. The van der Waals surface area contributed by atoms with Gasteiger partial charge in [0.2, 0.25) is 5.82 Å². The zero-order chi connectivity index (χ0) is 13.8. The van der Waals surface area contributed by atoms with Crippen molar-refractivity contribution in [2.75, 3.05) is 13.7 Å². The average Bonchev–Trinajstić information content (AvgIpc) is 2.78. The molecule has 1 heterocycles. The van der Waals surface area contributed by atoms with Crippen LogP contribution >= 0.6 is 11.6 Å². The van der Waals surface area contributed by atoms with Gasteiger partial charge in [-0.15, -0.1) is 0 Å². The summed E-state index contributed by atoms with van der Waals surface area (Å²) in [4.78, 5) is 15.4. The third kappa shape index (κ3) is 3.14. The summed E-state index contributed by atoms with van der Waals surface area (Å²) in [6, 6.07) is 6.52. The molecule has 8 heteroatoms. The Hall–Kier alpha value is -2.28. The zero-order valence-corrected chi connectivity index (χ0v) is 10.7. The van der Waals surface area contributed by atoms with Gasteiger partial charge in [-0.05, 0) is 24.3 Å². The van der Waals surface area contributed by atoms with Crippen LogP contribution in [-0.2, 0) is 9.53 Å². The van der Waals surface area contributed by atoms with Crippen molar-refractivity contribution in [2.45, 2.75) is 0 Å². The van der Waals surface area contributed by atoms with Crippen molar-refractivity contribution in [3.05, 3.63) is 29.3 Å². The highest BCUT2D eigenvalue weighted by Gasteiger charge is 2.13. The van der Waals surface area contributed by atoms with E-state index >= 15 is 0 Å². The number of carbonyl (C=O) groups is 1. The van der Waals surface area contributed by atoms with E-state index in [1.54, 1.807) is 24.3 Å². The van der Waals surface area contributed by atoms with Crippen LogP contribution in [0, 0.1) is 0 Å². The number of halogens is 1. The fourth-order valence-electron chi connectivity index (χ4n) is 1.31. The van der Waals surface area contributed by atoms with Crippen molar-refractivity contribution in [3.63, 3.8) is 0 Å². The molecule has 0 aliphatic carbocycles. The Morgan fingerprint density at radius 2 is 2.11 bits per heavy atom. The molecule has 1 N–H and O–H groups in total. The normalized spacial score (nSPS) is 10.2. The molecular formula is C11H10ClN3O4. The van der Waals surface area contributed by atoms with E-state index in [2.05, 4.69) is 14.8 Å². The highest BCUT2D eigenvalue weighted by Crippen LogP contribution is 2.20. The molecule has 7 nitrogen and oxygen atoms in total. The number of hydrogen-bond acceptors (Lipinski definition) is 6. The first-order valence-corrected chi connectivity index (χ1v) is 5.60. The molecule has 0 saturated heterocycles. The van der Waals surface area contributed by atoms with E-state index in [-0.39, 0.29) is 18.4 Å². The van der Waals surface area contributed by atoms with Crippen molar-refractivity contribution in [3.8, 4) is 17.4 Å². The number of hydrogen-bond donors (Lipinski definition) is 1. The van der Waals surface area contributed by atoms with Crippen molar-refractivity contribution < 1.29 is 19.5 Å². The van der Waals surface area contributed by atoms with Crippen LogP contribution in [0.1, 0.15) is 0 Å². The van der Waals surface area contributed by atoms with E-state index in [4.69, 9.17) is 16.3 Å². The summed E-state index contributed by atoms with van der Waals surface area (Å²) in [5.41, 5.74) is 0.604. The quantitative estimate of drug-likeness (QED) is 0.674. The largest absolute Gasteiger partial charge is 0.466 e. The lowest BCUT2D eigenvalue weighted by Crippen LogP contribution is -2.13. The minimum Gasteiger partial charge on any atom is -0.466 e. The Labute approximate surface area is 113 Å². The lowest BCUT2D eigenvalue weighted by atomic mass is 10.2. The minimum atomic E-state index is -0.567. The number of methoxy groups -OCH3 is 1. The SMILES string of the molecule is COC(=O)COc1nc(-c2ccc(Cl)cc2)n(O)n1. The third-order valence-electron chi connectivity index (χ3n) is 2.22. The summed E-state index contributed by atoms with van der Waals surface area (Å²) in [7, 11) is 1.24. The van der Waals surface area contributed by atoms with E-state index in [1.807, 2.05) is 0 Å². The smallest absolute Gasteiger partial charge is 0.344 e. The molecule has 2 aromatic rings. The van der Waals surface area contributed by atoms with E-state index in [9.17, 15) is 10.0 Å². The fraction of sp³-hybridized carbons (Fsp3) is 0.182. The van der Waals surface area contributed by atoms with Gasteiger partial charge in [-0.2, -0.15) is 4.98 Å². The molecule has 19 heavy (non-hydrogen) atoms. The van der Waals surface area contributed by atoms with Gasteiger partial charge < -0.3 is 14.7 Å². The topological polar surface area (TPSA) is 86.5 Å². The van der Waals surface area contributed by atoms with E-state index in [0.717, 1.165) is 0 Å². The van der Waals surface area contributed by atoms with Crippen molar-refractivity contribution in [2.24, 2.45) is 0 Å². The second-order valence-electron chi connectivity index (χ2n) is 3.48. The van der Waals surface area contributed by atoms with Crippen molar-refractivity contribution >= 4 is 17.6 Å². The molecule has 0 amide bonds. The molecule has 0 radical (unpaired) electrons. The highest BCUT2D eigenvalue weighted by molar-refractivity contribution is 6.30. The molecule has 0 aliphatic heterocycles. The Morgan fingerprint density at radius 1 is 1.42 bits per heavy atom.